The molecule has 2 aromatic rings. The van der Waals surface area contributed by atoms with Crippen LogP contribution in [0, 0.1) is 0 Å². The highest BCUT2D eigenvalue weighted by Gasteiger charge is 2.33. The molecule has 0 aromatic heterocycles. The van der Waals surface area contributed by atoms with Crippen LogP contribution in [-0.4, -0.2) is 40.5 Å². The molecule has 29 heavy (non-hydrogen) atoms. The number of sulfonamides is 1. The van der Waals surface area contributed by atoms with Gasteiger partial charge in [-0.25, -0.2) is 8.42 Å². The molecule has 0 fully saturated rings. The van der Waals surface area contributed by atoms with Crippen molar-refractivity contribution in [2.45, 2.75) is 19.4 Å². The van der Waals surface area contributed by atoms with Gasteiger partial charge in [0.15, 0.2) is 11.5 Å². The highest BCUT2D eigenvalue weighted by atomic mass is 35.5. The van der Waals surface area contributed by atoms with Crippen molar-refractivity contribution in [3.05, 3.63) is 41.4 Å². The Morgan fingerprint density at radius 2 is 1.97 bits per heavy atom. The Balaban J connectivity index is 1.96. The van der Waals surface area contributed by atoms with E-state index in [0.29, 0.717) is 22.2 Å². The average Bonchev–Trinajstić information content (AvgIpc) is 3.12. The van der Waals surface area contributed by atoms with Gasteiger partial charge in [-0.05, 0) is 36.8 Å². The standard InChI is InChI=1S/C19H21ClN2O6S/c1-4-14(19(23)21-13-6-8-17-18(10-13)28-11-27-17)22(29(3,24)25)15-9-12(20)5-7-16(15)26-2/h5-10,14H,4,11H2,1-3H3,(H,21,23). The van der Waals surface area contributed by atoms with Crippen LogP contribution in [0.4, 0.5) is 11.4 Å². The van der Waals surface area contributed by atoms with Crippen molar-refractivity contribution in [2.75, 3.05) is 29.8 Å². The number of nitrogens with zero attached hydrogens (tertiary/aromatic N) is 1. The van der Waals surface area contributed by atoms with Crippen molar-refractivity contribution in [3.63, 3.8) is 0 Å². The Hall–Kier alpha value is -2.65. The SMILES string of the molecule is CCC(C(=O)Nc1ccc2c(c1)OCO2)N(c1cc(Cl)ccc1OC)S(C)(=O)=O. The molecular formula is C19H21ClN2O6S. The van der Waals surface area contributed by atoms with E-state index in [-0.39, 0.29) is 24.7 Å². The number of hydrogen-bond donors (Lipinski definition) is 1. The number of amides is 1. The van der Waals surface area contributed by atoms with Crippen LogP contribution >= 0.6 is 11.6 Å². The minimum atomic E-state index is -3.84. The van der Waals surface area contributed by atoms with Gasteiger partial charge in [0.05, 0.1) is 19.1 Å². The number of nitrogens with one attached hydrogen (secondary N) is 1. The second kappa shape index (κ2) is 8.38. The second-order valence-electron chi connectivity index (χ2n) is 6.36. The summed E-state index contributed by atoms with van der Waals surface area (Å²) in [6, 6.07) is 8.52. The number of methoxy groups -OCH3 is 1. The van der Waals surface area contributed by atoms with Gasteiger partial charge < -0.3 is 19.5 Å². The maximum absolute atomic E-state index is 13.0. The van der Waals surface area contributed by atoms with Crippen LogP contribution in [0.3, 0.4) is 0 Å². The number of ether oxygens (including phenoxy) is 3. The van der Waals surface area contributed by atoms with Crippen LogP contribution in [0.1, 0.15) is 13.3 Å². The van der Waals surface area contributed by atoms with Crippen molar-refractivity contribution in [1.82, 2.24) is 0 Å². The summed E-state index contributed by atoms with van der Waals surface area (Å²) in [6.45, 7) is 1.83. The van der Waals surface area contributed by atoms with Crippen LogP contribution in [0.15, 0.2) is 36.4 Å². The van der Waals surface area contributed by atoms with Crippen LogP contribution < -0.4 is 23.8 Å². The summed E-state index contributed by atoms with van der Waals surface area (Å²) in [6.07, 6.45) is 1.25. The lowest BCUT2D eigenvalue weighted by atomic mass is 10.1. The molecule has 0 bridgehead atoms. The third kappa shape index (κ3) is 4.51. The molecule has 1 aliphatic rings. The summed E-state index contributed by atoms with van der Waals surface area (Å²) in [5, 5.41) is 3.06. The molecular weight excluding hydrogens is 420 g/mol. The van der Waals surface area contributed by atoms with E-state index in [1.165, 1.54) is 13.2 Å². The highest BCUT2D eigenvalue weighted by Crippen LogP contribution is 2.36. The molecule has 1 unspecified atom stereocenters. The van der Waals surface area contributed by atoms with Crippen molar-refractivity contribution >= 4 is 38.9 Å². The Bertz CT molecular complexity index is 1030. The lowest BCUT2D eigenvalue weighted by molar-refractivity contribution is -0.117. The molecule has 10 heteroatoms. The zero-order chi connectivity index (χ0) is 21.2. The zero-order valence-corrected chi connectivity index (χ0v) is 17.7. The third-order valence-corrected chi connectivity index (χ3v) is 5.75. The smallest absolute Gasteiger partial charge is 0.248 e. The maximum Gasteiger partial charge on any atom is 0.248 e. The first kappa shape index (κ1) is 21.1. The van der Waals surface area contributed by atoms with Gasteiger partial charge in [0, 0.05) is 16.8 Å². The molecule has 1 amide bonds. The number of rotatable bonds is 7. The van der Waals surface area contributed by atoms with Crippen LogP contribution in [0.5, 0.6) is 17.2 Å². The van der Waals surface area contributed by atoms with Gasteiger partial charge in [0.1, 0.15) is 11.8 Å². The molecule has 1 N–H and O–H groups in total. The molecule has 1 atom stereocenters. The number of benzene rings is 2. The average molecular weight is 441 g/mol. The van der Waals surface area contributed by atoms with E-state index in [9.17, 15) is 13.2 Å². The van der Waals surface area contributed by atoms with Gasteiger partial charge >= 0.3 is 0 Å². The van der Waals surface area contributed by atoms with E-state index in [2.05, 4.69) is 5.32 Å². The summed E-state index contributed by atoms with van der Waals surface area (Å²) in [4.78, 5) is 13.0. The maximum atomic E-state index is 13.0. The largest absolute Gasteiger partial charge is 0.495 e. The van der Waals surface area contributed by atoms with E-state index in [0.717, 1.165) is 10.6 Å². The van der Waals surface area contributed by atoms with Crippen molar-refractivity contribution < 1.29 is 27.4 Å². The fraction of sp³-hybridized carbons (Fsp3) is 0.316. The Morgan fingerprint density at radius 3 is 2.62 bits per heavy atom. The van der Waals surface area contributed by atoms with Gasteiger partial charge in [0.25, 0.3) is 0 Å². The quantitative estimate of drug-likeness (QED) is 0.710. The molecule has 0 saturated carbocycles. The molecule has 0 aliphatic carbocycles. The number of carbonyl (C=O) groups excluding carboxylic acids is 1. The van der Waals surface area contributed by atoms with E-state index < -0.39 is 22.0 Å². The van der Waals surface area contributed by atoms with Crippen LogP contribution in [0.2, 0.25) is 5.02 Å². The molecule has 1 heterocycles. The van der Waals surface area contributed by atoms with E-state index in [1.807, 2.05) is 0 Å². The fourth-order valence-corrected chi connectivity index (χ4v) is 4.44. The van der Waals surface area contributed by atoms with Crippen molar-refractivity contribution in [2.24, 2.45) is 0 Å². The van der Waals surface area contributed by atoms with Gasteiger partial charge in [-0.15, -0.1) is 0 Å². The normalized spacial score (nSPS) is 13.7. The Kier molecular flexibility index (Phi) is 6.09. The predicted molar refractivity (Wildman–Crippen MR) is 111 cm³/mol. The summed E-state index contributed by atoms with van der Waals surface area (Å²) in [7, 11) is -2.42. The zero-order valence-electron chi connectivity index (χ0n) is 16.1. The molecule has 8 nitrogen and oxygen atoms in total. The first-order valence-electron chi connectivity index (χ1n) is 8.78. The lowest BCUT2D eigenvalue weighted by Gasteiger charge is -2.31. The van der Waals surface area contributed by atoms with E-state index in [4.69, 9.17) is 25.8 Å². The molecule has 0 saturated heterocycles. The minimum absolute atomic E-state index is 0.112. The molecule has 156 valence electrons. The number of halogens is 1. The Morgan fingerprint density at radius 1 is 1.24 bits per heavy atom. The van der Waals surface area contributed by atoms with E-state index in [1.54, 1.807) is 37.3 Å². The fourth-order valence-electron chi connectivity index (χ4n) is 3.07. The first-order valence-corrected chi connectivity index (χ1v) is 11.0. The van der Waals surface area contributed by atoms with Gasteiger partial charge in [-0.1, -0.05) is 18.5 Å². The monoisotopic (exact) mass is 440 g/mol. The molecule has 3 rings (SSSR count). The number of fused-ring (bicyclic) bond motifs is 1. The second-order valence-corrected chi connectivity index (χ2v) is 8.65. The highest BCUT2D eigenvalue weighted by molar-refractivity contribution is 7.92. The number of anilines is 2. The van der Waals surface area contributed by atoms with Crippen molar-refractivity contribution in [3.8, 4) is 17.2 Å². The topological polar surface area (TPSA) is 94.2 Å². The third-order valence-electron chi connectivity index (χ3n) is 4.35. The minimum Gasteiger partial charge on any atom is -0.495 e. The summed E-state index contributed by atoms with van der Waals surface area (Å²) in [5.74, 6) is 0.872. The van der Waals surface area contributed by atoms with Gasteiger partial charge in [-0.2, -0.15) is 0 Å². The predicted octanol–water partition coefficient (Wildman–Crippen LogP) is 3.26. The molecule has 0 radical (unpaired) electrons. The van der Waals surface area contributed by atoms with Gasteiger partial charge in [0.2, 0.25) is 22.7 Å². The first-order chi connectivity index (χ1) is 13.7. The number of hydrogen-bond acceptors (Lipinski definition) is 6. The summed E-state index contributed by atoms with van der Waals surface area (Å²) in [5.41, 5.74) is 0.652. The van der Waals surface area contributed by atoms with Crippen LogP contribution in [-0.2, 0) is 14.8 Å². The molecule has 2 aromatic carbocycles. The molecule has 1 aliphatic heterocycles. The summed E-state index contributed by atoms with van der Waals surface area (Å²) < 4.78 is 42.2. The summed E-state index contributed by atoms with van der Waals surface area (Å²) >= 11 is 6.08. The van der Waals surface area contributed by atoms with Crippen molar-refractivity contribution in [1.29, 1.82) is 0 Å². The lowest BCUT2D eigenvalue weighted by Crippen LogP contribution is -2.47. The van der Waals surface area contributed by atoms with E-state index >= 15 is 0 Å². The van der Waals surface area contributed by atoms with Crippen LogP contribution in [0.25, 0.3) is 0 Å². The Labute approximate surface area is 174 Å². The number of carbonyl (C=O) groups is 1. The van der Waals surface area contributed by atoms with Gasteiger partial charge in [-0.3, -0.25) is 9.10 Å². The molecule has 0 spiro atoms.